The third-order valence-corrected chi connectivity index (χ3v) is 13.0. The molecule has 11 atom stereocenters. The van der Waals surface area contributed by atoms with Crippen molar-refractivity contribution in [3.63, 3.8) is 0 Å². The molecule has 0 aromatic carbocycles. The standard InChI is InChI=1S/C27H48O12S3/c1-16(2)7-6-8-17(3)19-9-10-20-18-13-23(37-40(28,29)30)22-14-24(38-41(31,32)33)25(39-42(34,35)36)15-27(22,5)21(18)11-12-26(19,20)4/h16-25H,6-15H2,1-5H3,(H,28,29,30)(H,31,32,33)(H,34,35,36)/t17-,18?,19-,20?,21?,22?,23+,24+,25+,26-,27-/m1/s1. The van der Waals surface area contributed by atoms with E-state index in [4.69, 9.17) is 12.5 Å². The smallest absolute Gasteiger partial charge is 0.264 e. The highest BCUT2D eigenvalue weighted by Crippen LogP contribution is 2.69. The largest absolute Gasteiger partial charge is 0.397 e. The van der Waals surface area contributed by atoms with Gasteiger partial charge in [-0.25, -0.2) is 12.5 Å². The molecule has 42 heavy (non-hydrogen) atoms. The van der Waals surface area contributed by atoms with Gasteiger partial charge < -0.3 is 0 Å². The van der Waals surface area contributed by atoms with Crippen molar-refractivity contribution in [2.75, 3.05) is 0 Å². The van der Waals surface area contributed by atoms with Crippen molar-refractivity contribution in [3.8, 4) is 0 Å². The Bertz CT molecular complexity index is 1300. The average Bonchev–Trinajstić information content (AvgIpc) is 3.14. The normalized spacial score (nSPS) is 41.6. The molecular weight excluding hydrogens is 612 g/mol. The second-order valence-electron chi connectivity index (χ2n) is 14.4. The number of fused-ring (bicyclic) bond motifs is 5. The van der Waals surface area contributed by atoms with Crippen molar-refractivity contribution in [3.05, 3.63) is 0 Å². The monoisotopic (exact) mass is 660 g/mol. The Kier molecular flexibility index (Phi) is 9.92. The first kappa shape index (κ1) is 34.5. The quantitative estimate of drug-likeness (QED) is 0.255. The molecule has 0 aromatic heterocycles. The molecule has 4 saturated carbocycles. The Morgan fingerprint density at radius 1 is 0.690 bits per heavy atom. The maximum atomic E-state index is 12.0. The van der Waals surface area contributed by atoms with Crippen molar-refractivity contribution in [1.82, 2.24) is 0 Å². The predicted octanol–water partition coefficient (Wildman–Crippen LogP) is 4.89. The maximum absolute atomic E-state index is 12.0. The minimum atomic E-state index is -5.06. The van der Waals surface area contributed by atoms with Gasteiger partial charge in [-0.1, -0.05) is 53.9 Å². The summed E-state index contributed by atoms with van der Waals surface area (Å²) in [7, 11) is -15.0. The van der Waals surface area contributed by atoms with E-state index in [-0.39, 0.29) is 36.0 Å². The zero-order valence-corrected chi connectivity index (χ0v) is 27.5. The van der Waals surface area contributed by atoms with Crippen LogP contribution in [0.1, 0.15) is 98.8 Å². The molecule has 0 radical (unpaired) electrons. The molecule has 0 aliphatic heterocycles. The first-order chi connectivity index (χ1) is 19.1. The topological polar surface area (TPSA) is 191 Å². The summed E-state index contributed by atoms with van der Waals surface area (Å²) in [5.41, 5.74) is -0.783. The Morgan fingerprint density at radius 3 is 1.81 bits per heavy atom. The van der Waals surface area contributed by atoms with Crippen molar-refractivity contribution in [2.45, 2.75) is 117 Å². The molecule has 0 saturated heterocycles. The summed E-state index contributed by atoms with van der Waals surface area (Å²) < 4.78 is 114. The van der Waals surface area contributed by atoms with Crippen LogP contribution in [0.3, 0.4) is 0 Å². The van der Waals surface area contributed by atoms with E-state index < -0.39 is 60.8 Å². The van der Waals surface area contributed by atoms with Gasteiger partial charge in [0.2, 0.25) is 0 Å². The third-order valence-electron chi connectivity index (χ3n) is 11.6. The lowest BCUT2D eigenvalue weighted by Crippen LogP contribution is -2.62. The summed E-state index contributed by atoms with van der Waals surface area (Å²) in [6.45, 7) is 11.0. The van der Waals surface area contributed by atoms with Crippen molar-refractivity contribution >= 4 is 31.2 Å². The first-order valence-corrected chi connectivity index (χ1v) is 19.2. The highest BCUT2D eigenvalue weighted by Gasteiger charge is 2.65. The van der Waals surface area contributed by atoms with Crippen LogP contribution in [0, 0.1) is 52.3 Å². The Balaban J connectivity index is 1.67. The van der Waals surface area contributed by atoms with Gasteiger partial charge in [-0.05, 0) is 97.2 Å². The highest BCUT2D eigenvalue weighted by atomic mass is 32.3. The van der Waals surface area contributed by atoms with E-state index in [1.807, 2.05) is 6.92 Å². The lowest BCUT2D eigenvalue weighted by molar-refractivity contribution is -0.184. The van der Waals surface area contributed by atoms with Crippen LogP contribution in [0.15, 0.2) is 0 Å². The first-order valence-electron chi connectivity index (χ1n) is 15.1. The van der Waals surface area contributed by atoms with Crippen molar-refractivity contribution < 1.29 is 51.5 Å². The minimum absolute atomic E-state index is 0.00370. The molecule has 246 valence electrons. The van der Waals surface area contributed by atoms with E-state index in [0.717, 1.165) is 32.1 Å². The molecule has 4 fully saturated rings. The fourth-order valence-corrected chi connectivity index (χ4v) is 11.6. The summed E-state index contributed by atoms with van der Waals surface area (Å²) in [6, 6.07) is 0. The van der Waals surface area contributed by atoms with Crippen LogP contribution in [-0.2, 0) is 43.7 Å². The third kappa shape index (κ3) is 7.52. The van der Waals surface area contributed by atoms with E-state index in [0.29, 0.717) is 24.2 Å². The molecule has 4 aliphatic carbocycles. The van der Waals surface area contributed by atoms with Gasteiger partial charge in [0.15, 0.2) is 0 Å². The van der Waals surface area contributed by atoms with E-state index in [2.05, 4.69) is 27.7 Å². The summed E-state index contributed by atoms with van der Waals surface area (Å²) >= 11 is 0. The van der Waals surface area contributed by atoms with E-state index in [1.165, 1.54) is 12.8 Å². The molecule has 4 unspecified atom stereocenters. The summed E-state index contributed by atoms with van der Waals surface area (Å²) in [4.78, 5) is 0. The molecule has 15 heteroatoms. The van der Waals surface area contributed by atoms with E-state index in [1.54, 1.807) is 0 Å². The Morgan fingerprint density at radius 2 is 1.24 bits per heavy atom. The molecule has 4 aliphatic rings. The van der Waals surface area contributed by atoms with E-state index >= 15 is 0 Å². The lowest BCUT2D eigenvalue weighted by atomic mass is 9.43. The second kappa shape index (κ2) is 12.1. The number of hydrogen-bond acceptors (Lipinski definition) is 9. The highest BCUT2D eigenvalue weighted by molar-refractivity contribution is 7.81. The van der Waals surface area contributed by atoms with Gasteiger partial charge in [0.1, 0.15) is 12.2 Å². The maximum Gasteiger partial charge on any atom is 0.397 e. The molecule has 0 amide bonds. The SMILES string of the molecule is CC(C)CCC[C@@H](C)[C@H]1CCC2C3C[C@H](OS(=O)(=O)O)C4C[C@H](OS(=O)(=O)O)[C@@H](OS(=O)(=O)O)C[C@]4(C)C3CC[C@@]21C. The van der Waals surface area contributed by atoms with Crippen LogP contribution < -0.4 is 0 Å². The fourth-order valence-electron chi connectivity index (χ4n) is 10.1. The van der Waals surface area contributed by atoms with Crippen LogP contribution in [-0.4, -0.2) is 57.2 Å². The summed E-state index contributed by atoms with van der Waals surface area (Å²) in [6.07, 6.45) is 3.24. The fraction of sp³-hybridized carbons (Fsp3) is 1.00. The van der Waals surface area contributed by atoms with Gasteiger partial charge in [-0.15, -0.1) is 0 Å². The van der Waals surface area contributed by atoms with Gasteiger partial charge in [0.25, 0.3) is 0 Å². The van der Waals surface area contributed by atoms with Gasteiger partial charge in [-0.2, -0.15) is 25.3 Å². The number of rotatable bonds is 11. The van der Waals surface area contributed by atoms with Crippen LogP contribution >= 0.6 is 0 Å². The zero-order valence-electron chi connectivity index (χ0n) is 25.1. The molecule has 4 rings (SSSR count). The van der Waals surface area contributed by atoms with Gasteiger partial charge >= 0.3 is 31.2 Å². The molecule has 0 spiro atoms. The van der Waals surface area contributed by atoms with Gasteiger partial charge in [0, 0.05) is 0 Å². The predicted molar refractivity (Wildman–Crippen MR) is 153 cm³/mol. The second-order valence-corrected chi connectivity index (χ2v) is 17.5. The Hall–Kier alpha value is -0.390. The molecule has 0 heterocycles. The molecular formula is C27H48O12S3. The molecule has 3 N–H and O–H groups in total. The lowest BCUT2D eigenvalue weighted by Gasteiger charge is -2.63. The van der Waals surface area contributed by atoms with E-state index in [9.17, 15) is 38.9 Å². The van der Waals surface area contributed by atoms with Crippen LogP contribution in [0.4, 0.5) is 0 Å². The summed E-state index contributed by atoms with van der Waals surface area (Å²) in [5.74, 6) is 1.29. The minimum Gasteiger partial charge on any atom is -0.264 e. The average molecular weight is 661 g/mol. The molecule has 0 bridgehead atoms. The molecule has 0 aromatic rings. The zero-order chi connectivity index (χ0) is 31.5. The Labute approximate surface area is 251 Å². The molecule has 12 nitrogen and oxygen atoms in total. The van der Waals surface area contributed by atoms with Crippen molar-refractivity contribution in [2.24, 2.45) is 52.3 Å². The van der Waals surface area contributed by atoms with Crippen LogP contribution in [0.5, 0.6) is 0 Å². The van der Waals surface area contributed by atoms with Gasteiger partial charge in [0.05, 0.1) is 6.10 Å². The van der Waals surface area contributed by atoms with Crippen LogP contribution in [0.2, 0.25) is 0 Å². The van der Waals surface area contributed by atoms with Crippen molar-refractivity contribution in [1.29, 1.82) is 0 Å². The van der Waals surface area contributed by atoms with Crippen LogP contribution in [0.25, 0.3) is 0 Å². The summed E-state index contributed by atoms with van der Waals surface area (Å²) in [5, 5.41) is 0. The number of hydrogen-bond donors (Lipinski definition) is 3. The van der Waals surface area contributed by atoms with Gasteiger partial charge in [-0.3, -0.25) is 13.7 Å².